The van der Waals surface area contributed by atoms with Crippen LogP contribution in [0.3, 0.4) is 0 Å². The van der Waals surface area contributed by atoms with Crippen LogP contribution in [0.4, 0.5) is 5.69 Å². The molecule has 2 N–H and O–H groups in total. The molecule has 0 aliphatic heterocycles. The van der Waals surface area contributed by atoms with Crippen LogP contribution in [-0.2, 0) is 6.54 Å². The summed E-state index contributed by atoms with van der Waals surface area (Å²) in [4.78, 5) is 18.6. The van der Waals surface area contributed by atoms with Crippen molar-refractivity contribution in [1.29, 1.82) is 0 Å². The molecule has 4 aromatic heterocycles. The summed E-state index contributed by atoms with van der Waals surface area (Å²) in [5.74, 6) is -0.271. The Morgan fingerprint density at radius 1 is 1.27 bits per heavy atom. The van der Waals surface area contributed by atoms with E-state index >= 15 is 0 Å². The third kappa shape index (κ3) is 4.75. The van der Waals surface area contributed by atoms with Crippen molar-refractivity contribution in [1.82, 2.24) is 14.8 Å². The molecule has 4 heterocycles. The summed E-state index contributed by atoms with van der Waals surface area (Å²) in [5, 5.41) is 23.2. The minimum Gasteiger partial charge on any atom is -0.472 e. The van der Waals surface area contributed by atoms with E-state index in [1.165, 1.54) is 11.3 Å². The highest BCUT2D eigenvalue weighted by molar-refractivity contribution is 7.20. The summed E-state index contributed by atoms with van der Waals surface area (Å²) in [5.41, 5.74) is 2.72. The van der Waals surface area contributed by atoms with Crippen LogP contribution in [0.15, 0.2) is 64.2 Å². The lowest BCUT2D eigenvalue weighted by molar-refractivity contribution is 0.0651. The van der Waals surface area contributed by atoms with E-state index in [1.807, 2.05) is 46.6 Å². The van der Waals surface area contributed by atoms with Crippen LogP contribution >= 0.6 is 22.7 Å². The van der Waals surface area contributed by atoms with E-state index < -0.39 is 5.60 Å². The molecule has 33 heavy (non-hydrogen) atoms. The topological polar surface area (TPSA) is 93.2 Å². The number of hydrogen-bond acceptors (Lipinski definition) is 7. The first-order valence-electron chi connectivity index (χ1n) is 10.4. The number of carbonyl (C=O) groups is 1. The van der Waals surface area contributed by atoms with Crippen molar-refractivity contribution in [3.63, 3.8) is 0 Å². The molecule has 0 fully saturated rings. The minimum absolute atomic E-state index is 0.271. The molecule has 0 spiro atoms. The summed E-state index contributed by atoms with van der Waals surface area (Å²) in [6.07, 6.45) is 5.74. The highest BCUT2D eigenvalue weighted by Gasteiger charge is 2.18. The molecule has 0 atom stereocenters. The fourth-order valence-electron chi connectivity index (χ4n) is 3.46. The second kappa shape index (κ2) is 8.58. The van der Waals surface area contributed by atoms with Crippen molar-refractivity contribution in [3.8, 4) is 21.0 Å². The number of aliphatic hydroxyl groups is 1. The number of thiazole rings is 1. The van der Waals surface area contributed by atoms with Gasteiger partial charge in [-0.05, 0) is 49.9 Å². The van der Waals surface area contributed by atoms with E-state index in [0.29, 0.717) is 24.3 Å². The van der Waals surface area contributed by atoms with Crippen LogP contribution in [-0.4, -0.2) is 31.4 Å². The predicted octanol–water partition coefficient (Wildman–Crippen LogP) is 5.89. The Morgan fingerprint density at radius 3 is 2.88 bits per heavy atom. The molecule has 0 aliphatic carbocycles. The van der Waals surface area contributed by atoms with Crippen LogP contribution in [0.25, 0.3) is 31.9 Å². The fourth-order valence-corrected chi connectivity index (χ4v) is 5.08. The summed E-state index contributed by atoms with van der Waals surface area (Å²) >= 11 is 3.05. The van der Waals surface area contributed by atoms with Gasteiger partial charge in [0, 0.05) is 40.3 Å². The van der Waals surface area contributed by atoms with Crippen molar-refractivity contribution in [3.05, 3.63) is 65.5 Å². The van der Waals surface area contributed by atoms with Crippen LogP contribution in [0.2, 0.25) is 0 Å². The number of hydrogen-bond donors (Lipinski definition) is 2. The number of carbonyl (C=O) groups excluding carboxylic acids is 1. The number of furan rings is 1. The van der Waals surface area contributed by atoms with Crippen LogP contribution in [0.1, 0.15) is 30.8 Å². The van der Waals surface area contributed by atoms with E-state index in [4.69, 9.17) is 4.42 Å². The van der Waals surface area contributed by atoms with Crippen molar-refractivity contribution >= 4 is 45.2 Å². The van der Waals surface area contributed by atoms with Gasteiger partial charge in [0.2, 0.25) is 0 Å². The van der Waals surface area contributed by atoms with Gasteiger partial charge in [-0.25, -0.2) is 4.98 Å². The number of aromatic nitrogens is 3. The standard InChI is InChI=1S/C24H22N4O3S2/c1-24(2,30)6-7-28-12-16-10-19(17(11-18(16)27-28)15-5-8-31-13-15)25-22(29)20-14-33-23(26-20)21-4-3-9-32-21/h3-5,8-14,30H,6-7H2,1-2H3,(H,25,29). The second-order valence-electron chi connectivity index (χ2n) is 8.39. The Labute approximate surface area is 198 Å². The second-order valence-corrected chi connectivity index (χ2v) is 10.2. The van der Waals surface area contributed by atoms with Crippen LogP contribution < -0.4 is 5.32 Å². The molecule has 9 heteroatoms. The molecule has 5 rings (SSSR count). The van der Waals surface area contributed by atoms with Gasteiger partial charge in [-0.3, -0.25) is 9.48 Å². The fraction of sp³-hybridized carbons (Fsp3) is 0.208. The maximum absolute atomic E-state index is 13.0. The van der Waals surface area contributed by atoms with Crippen molar-refractivity contribution in [2.24, 2.45) is 0 Å². The quantitative estimate of drug-likeness (QED) is 0.304. The molecule has 1 aromatic carbocycles. The monoisotopic (exact) mass is 478 g/mol. The number of fused-ring (bicyclic) bond motifs is 1. The van der Waals surface area contributed by atoms with Crippen molar-refractivity contribution in [2.75, 3.05) is 5.32 Å². The summed E-state index contributed by atoms with van der Waals surface area (Å²) < 4.78 is 7.10. The Bertz CT molecular complexity index is 1390. The number of benzene rings is 1. The zero-order valence-electron chi connectivity index (χ0n) is 18.1. The average molecular weight is 479 g/mol. The molecular weight excluding hydrogens is 456 g/mol. The Hall–Kier alpha value is -3.27. The maximum atomic E-state index is 13.0. The Morgan fingerprint density at radius 2 is 2.15 bits per heavy atom. The van der Waals surface area contributed by atoms with Gasteiger partial charge >= 0.3 is 0 Å². The molecule has 5 aromatic rings. The molecule has 0 saturated carbocycles. The third-order valence-corrected chi connectivity index (χ3v) is 7.07. The van der Waals surface area contributed by atoms with E-state index in [-0.39, 0.29) is 5.91 Å². The summed E-state index contributed by atoms with van der Waals surface area (Å²) in [6, 6.07) is 9.66. The number of rotatable bonds is 7. The first kappa shape index (κ1) is 21.6. The SMILES string of the molecule is CC(C)(O)CCn1cc2cc(NC(=O)c3csc(-c4cccs4)n3)c(-c3ccoc3)cc2n1. The Balaban J connectivity index is 1.46. The molecule has 0 bridgehead atoms. The van der Waals surface area contributed by atoms with Gasteiger partial charge in [0.1, 0.15) is 10.7 Å². The molecule has 0 unspecified atom stereocenters. The van der Waals surface area contributed by atoms with Crippen LogP contribution in [0, 0.1) is 0 Å². The summed E-state index contributed by atoms with van der Waals surface area (Å²) in [6.45, 7) is 4.15. The van der Waals surface area contributed by atoms with E-state index in [0.717, 1.165) is 31.9 Å². The zero-order valence-corrected chi connectivity index (χ0v) is 19.7. The molecular formula is C24H22N4O3S2. The van der Waals surface area contributed by atoms with Gasteiger partial charge in [0.25, 0.3) is 5.91 Å². The minimum atomic E-state index is -0.769. The Kier molecular flexibility index (Phi) is 5.61. The lowest BCUT2D eigenvalue weighted by Gasteiger charge is -2.16. The number of thiophene rings is 1. The first-order chi connectivity index (χ1) is 15.9. The molecule has 0 radical (unpaired) electrons. The van der Waals surface area contributed by atoms with Gasteiger partial charge in [0.15, 0.2) is 0 Å². The number of anilines is 1. The van der Waals surface area contributed by atoms with Gasteiger partial charge in [-0.15, -0.1) is 22.7 Å². The highest BCUT2D eigenvalue weighted by Crippen LogP contribution is 2.34. The molecule has 1 amide bonds. The average Bonchev–Trinajstić information content (AvgIpc) is 3.57. The maximum Gasteiger partial charge on any atom is 0.275 e. The van der Waals surface area contributed by atoms with Gasteiger partial charge in [-0.1, -0.05) is 6.07 Å². The number of nitrogens with zero attached hydrogens (tertiary/aromatic N) is 3. The molecule has 7 nitrogen and oxygen atoms in total. The first-order valence-corrected chi connectivity index (χ1v) is 12.2. The van der Waals surface area contributed by atoms with E-state index in [2.05, 4.69) is 15.4 Å². The third-order valence-electron chi connectivity index (χ3n) is 5.19. The lowest BCUT2D eigenvalue weighted by Crippen LogP contribution is -2.21. The zero-order chi connectivity index (χ0) is 23.0. The highest BCUT2D eigenvalue weighted by atomic mass is 32.1. The van der Waals surface area contributed by atoms with E-state index in [9.17, 15) is 9.90 Å². The van der Waals surface area contributed by atoms with Gasteiger partial charge < -0.3 is 14.8 Å². The smallest absolute Gasteiger partial charge is 0.275 e. The van der Waals surface area contributed by atoms with Crippen molar-refractivity contribution < 1.29 is 14.3 Å². The van der Waals surface area contributed by atoms with Gasteiger partial charge in [0.05, 0.1) is 28.5 Å². The largest absolute Gasteiger partial charge is 0.472 e. The van der Waals surface area contributed by atoms with Gasteiger partial charge in [-0.2, -0.15) is 5.10 Å². The van der Waals surface area contributed by atoms with Crippen LogP contribution in [0.5, 0.6) is 0 Å². The lowest BCUT2D eigenvalue weighted by atomic mass is 10.0. The summed E-state index contributed by atoms with van der Waals surface area (Å²) in [7, 11) is 0. The number of nitrogens with one attached hydrogen (secondary N) is 1. The predicted molar refractivity (Wildman–Crippen MR) is 132 cm³/mol. The number of amides is 1. The molecule has 168 valence electrons. The van der Waals surface area contributed by atoms with Crippen molar-refractivity contribution in [2.45, 2.75) is 32.4 Å². The molecule has 0 aliphatic rings. The normalized spacial score (nSPS) is 11.8. The molecule has 0 saturated heterocycles. The van der Waals surface area contributed by atoms with E-state index in [1.54, 1.807) is 43.1 Å². The number of aryl methyl sites for hydroxylation is 1.